The molecule has 0 bridgehead atoms. The molecule has 0 radical (unpaired) electrons. The van der Waals surface area contributed by atoms with Crippen LogP contribution in [0.3, 0.4) is 0 Å². The molecule has 29 heavy (non-hydrogen) atoms. The lowest BCUT2D eigenvalue weighted by Gasteiger charge is -2.26. The maximum Gasteiger partial charge on any atom is 0.320 e. The molecule has 1 aliphatic carbocycles. The van der Waals surface area contributed by atoms with E-state index in [1.165, 1.54) is 30.4 Å². The van der Waals surface area contributed by atoms with Crippen LogP contribution in [0.5, 0.6) is 11.5 Å². The topological polar surface area (TPSA) is 228 Å². The molecule has 0 saturated carbocycles. The van der Waals surface area contributed by atoms with Crippen LogP contribution in [-0.4, -0.2) is 71.7 Å². The summed E-state index contributed by atoms with van der Waals surface area (Å²) in [5, 5.41) is 62.7. The van der Waals surface area contributed by atoms with Crippen LogP contribution >= 0.6 is 0 Å². The Bertz CT molecular complexity index is 805. The number of carbonyl (C=O) groups is 2. The Morgan fingerprint density at radius 3 is 2.03 bits per heavy atom. The smallest absolute Gasteiger partial charge is 0.320 e. The third kappa shape index (κ3) is 7.52. The van der Waals surface area contributed by atoms with Gasteiger partial charge in [0.05, 0.1) is 0 Å². The molecule has 0 fully saturated rings. The van der Waals surface area contributed by atoms with Crippen LogP contribution in [0.25, 0.3) is 0 Å². The summed E-state index contributed by atoms with van der Waals surface area (Å²) in [6, 6.07) is 2.02. The number of nitrogens with two attached hydrogens (primary N) is 2. The minimum atomic E-state index is -2.29. The Morgan fingerprint density at radius 1 is 1.00 bits per heavy atom. The number of aliphatic hydroxyl groups excluding tert-OH is 1. The Labute approximate surface area is 165 Å². The summed E-state index contributed by atoms with van der Waals surface area (Å²) in [6.07, 6.45) is 2.15. The van der Waals surface area contributed by atoms with Crippen molar-refractivity contribution < 1.29 is 45.3 Å². The van der Waals surface area contributed by atoms with Gasteiger partial charge in [-0.25, -0.2) is 0 Å². The van der Waals surface area contributed by atoms with Crippen molar-refractivity contribution in [2.45, 2.75) is 36.8 Å². The summed E-state index contributed by atoms with van der Waals surface area (Å²) >= 11 is 0. The molecule has 2 rings (SSSR count). The van der Waals surface area contributed by atoms with E-state index in [0.29, 0.717) is 11.1 Å². The SMILES string of the molecule is NC(CC1=CC(O)C(O)(O)C=C1)C(=O)O.NC(Cc1ccc(O)c(O)c1)C(=O)O. The van der Waals surface area contributed by atoms with Gasteiger partial charge in [0.2, 0.25) is 5.79 Å². The highest BCUT2D eigenvalue weighted by Crippen LogP contribution is 2.25. The van der Waals surface area contributed by atoms with E-state index in [2.05, 4.69) is 0 Å². The maximum atomic E-state index is 10.4. The standard InChI is InChI=1S/C9H13NO5.C9H11NO4/c10-6(8(12)13)3-5-1-2-9(14,15)7(11)4-5;10-6(9(13)14)3-5-1-2-7(11)8(12)4-5/h1-2,4,6-7,11,14-15H,3,10H2,(H,12,13);1-2,4,6,11-12H,3,10H2,(H,13,14). The molecular weight excluding hydrogens is 388 g/mol. The van der Waals surface area contributed by atoms with Gasteiger partial charge in [0, 0.05) is 0 Å². The molecule has 0 aromatic heterocycles. The molecular formula is C18H24N2O9. The zero-order valence-corrected chi connectivity index (χ0v) is 15.2. The highest BCUT2D eigenvalue weighted by atomic mass is 16.5. The van der Waals surface area contributed by atoms with Gasteiger partial charge in [-0.05, 0) is 48.3 Å². The fourth-order valence-corrected chi connectivity index (χ4v) is 2.22. The number of carboxylic acids is 2. The molecule has 11 nitrogen and oxygen atoms in total. The number of benzene rings is 1. The average molecular weight is 412 g/mol. The van der Waals surface area contributed by atoms with Crippen molar-refractivity contribution in [1.82, 2.24) is 0 Å². The quantitative estimate of drug-likeness (QED) is 0.190. The van der Waals surface area contributed by atoms with E-state index >= 15 is 0 Å². The first-order valence-corrected chi connectivity index (χ1v) is 8.34. The number of hydrogen-bond donors (Lipinski definition) is 9. The van der Waals surface area contributed by atoms with E-state index in [0.717, 1.165) is 6.08 Å². The van der Waals surface area contributed by atoms with Crippen LogP contribution in [-0.2, 0) is 16.0 Å². The molecule has 160 valence electrons. The van der Waals surface area contributed by atoms with Crippen molar-refractivity contribution in [1.29, 1.82) is 0 Å². The lowest BCUT2D eigenvalue weighted by Crippen LogP contribution is -2.41. The van der Waals surface area contributed by atoms with Crippen LogP contribution in [0.4, 0.5) is 0 Å². The third-order valence-corrected chi connectivity index (χ3v) is 3.94. The van der Waals surface area contributed by atoms with E-state index in [1.807, 2.05) is 0 Å². The Hall–Kier alpha value is -2.96. The number of phenols is 2. The van der Waals surface area contributed by atoms with Crippen molar-refractivity contribution >= 4 is 11.9 Å². The van der Waals surface area contributed by atoms with Gasteiger partial charge in [0.1, 0.15) is 18.2 Å². The Kier molecular flexibility index (Phi) is 8.30. The maximum absolute atomic E-state index is 10.4. The summed E-state index contributed by atoms with van der Waals surface area (Å²) < 4.78 is 0. The molecule has 0 amide bonds. The first-order chi connectivity index (χ1) is 13.3. The predicted octanol–water partition coefficient (Wildman–Crippen LogP) is -1.62. The second kappa shape index (κ2) is 10.0. The van der Waals surface area contributed by atoms with E-state index in [1.54, 1.807) is 0 Å². The Morgan fingerprint density at radius 2 is 1.55 bits per heavy atom. The van der Waals surface area contributed by atoms with Gasteiger partial charge in [-0.1, -0.05) is 12.1 Å². The molecule has 1 aliphatic rings. The third-order valence-electron chi connectivity index (χ3n) is 3.94. The first kappa shape index (κ1) is 24.1. The average Bonchev–Trinajstić information content (AvgIpc) is 2.62. The number of carboxylic acid groups (broad SMARTS) is 2. The summed E-state index contributed by atoms with van der Waals surface area (Å²) in [7, 11) is 0. The molecule has 0 aliphatic heterocycles. The number of aliphatic carboxylic acids is 2. The molecule has 11 heteroatoms. The molecule has 0 saturated heterocycles. The molecule has 1 aromatic rings. The largest absolute Gasteiger partial charge is 0.504 e. The second-order valence-electron chi connectivity index (χ2n) is 6.42. The van der Waals surface area contributed by atoms with Gasteiger partial charge in [-0.15, -0.1) is 0 Å². The van der Waals surface area contributed by atoms with Crippen molar-refractivity contribution in [3.05, 3.63) is 47.6 Å². The van der Waals surface area contributed by atoms with Crippen molar-refractivity contribution in [3.8, 4) is 11.5 Å². The van der Waals surface area contributed by atoms with E-state index < -0.39 is 35.9 Å². The number of aliphatic hydroxyl groups is 3. The number of hydrogen-bond acceptors (Lipinski definition) is 9. The monoisotopic (exact) mass is 412 g/mol. The predicted molar refractivity (Wildman–Crippen MR) is 99.7 cm³/mol. The number of rotatable bonds is 6. The van der Waals surface area contributed by atoms with E-state index in [4.69, 9.17) is 42.1 Å². The minimum absolute atomic E-state index is 0.0268. The number of aromatic hydroxyl groups is 2. The number of phenolic OH excluding ortho intramolecular Hbond substituents is 2. The highest BCUT2D eigenvalue weighted by molar-refractivity contribution is 5.74. The van der Waals surface area contributed by atoms with Crippen molar-refractivity contribution in [2.75, 3.05) is 0 Å². The molecule has 0 spiro atoms. The lowest BCUT2D eigenvalue weighted by atomic mass is 9.95. The van der Waals surface area contributed by atoms with Gasteiger partial charge in [0.15, 0.2) is 11.5 Å². The van der Waals surface area contributed by atoms with Crippen LogP contribution in [0.15, 0.2) is 42.0 Å². The van der Waals surface area contributed by atoms with Crippen LogP contribution in [0, 0.1) is 0 Å². The number of allylic oxidation sites excluding steroid dienone is 1. The Balaban J connectivity index is 0.000000291. The minimum Gasteiger partial charge on any atom is -0.504 e. The molecule has 1 aromatic carbocycles. The van der Waals surface area contributed by atoms with Gasteiger partial charge in [-0.2, -0.15) is 0 Å². The molecule has 3 atom stereocenters. The fourth-order valence-electron chi connectivity index (χ4n) is 2.22. The van der Waals surface area contributed by atoms with Crippen LogP contribution in [0.2, 0.25) is 0 Å². The second-order valence-corrected chi connectivity index (χ2v) is 6.42. The summed E-state index contributed by atoms with van der Waals surface area (Å²) in [5.74, 6) is -5.06. The zero-order chi connectivity index (χ0) is 22.4. The first-order valence-electron chi connectivity index (χ1n) is 8.34. The highest BCUT2D eigenvalue weighted by Gasteiger charge is 2.31. The lowest BCUT2D eigenvalue weighted by molar-refractivity contribution is -0.174. The summed E-state index contributed by atoms with van der Waals surface area (Å²) in [6.45, 7) is 0. The van der Waals surface area contributed by atoms with Crippen LogP contribution < -0.4 is 11.5 Å². The van der Waals surface area contributed by atoms with Gasteiger partial charge in [0.25, 0.3) is 0 Å². The van der Waals surface area contributed by atoms with E-state index in [-0.39, 0.29) is 24.3 Å². The van der Waals surface area contributed by atoms with Crippen LogP contribution in [0.1, 0.15) is 12.0 Å². The van der Waals surface area contributed by atoms with Gasteiger partial charge < -0.3 is 47.2 Å². The van der Waals surface area contributed by atoms with Gasteiger partial charge >= 0.3 is 11.9 Å². The summed E-state index contributed by atoms with van der Waals surface area (Å²) in [4.78, 5) is 20.9. The molecule has 0 heterocycles. The summed E-state index contributed by atoms with van der Waals surface area (Å²) in [5.41, 5.74) is 11.6. The van der Waals surface area contributed by atoms with E-state index in [9.17, 15) is 14.7 Å². The zero-order valence-electron chi connectivity index (χ0n) is 15.2. The normalized spacial score (nSPS) is 19.3. The van der Waals surface area contributed by atoms with Crippen molar-refractivity contribution in [2.24, 2.45) is 11.5 Å². The van der Waals surface area contributed by atoms with Gasteiger partial charge in [-0.3, -0.25) is 9.59 Å². The molecule has 3 unspecified atom stereocenters. The fraction of sp³-hybridized carbons (Fsp3) is 0.333. The molecule has 11 N–H and O–H groups in total. The van der Waals surface area contributed by atoms with Crippen molar-refractivity contribution in [3.63, 3.8) is 0 Å².